The van der Waals surface area contributed by atoms with Crippen LogP contribution in [0.3, 0.4) is 0 Å². The molecular weight excluding hydrogens is 509 g/mol. The van der Waals surface area contributed by atoms with Crippen molar-refractivity contribution in [2.75, 3.05) is 27.9 Å². The Bertz CT molecular complexity index is 1540. The van der Waals surface area contributed by atoms with E-state index < -0.39 is 0 Å². The molecule has 7 nitrogen and oxygen atoms in total. The van der Waals surface area contributed by atoms with Crippen molar-refractivity contribution in [3.05, 3.63) is 78.6 Å². The summed E-state index contributed by atoms with van der Waals surface area (Å²) in [5, 5.41) is 11.4. The maximum Gasteiger partial charge on any atom is 0.130 e. The van der Waals surface area contributed by atoms with Crippen LogP contribution in [-0.2, 0) is 10.4 Å². The normalized spacial score (nSPS) is 12.2. The lowest BCUT2D eigenvalue weighted by molar-refractivity contribution is -0.0960. The summed E-state index contributed by atoms with van der Waals surface area (Å²) in [5.74, 6) is 1.48. The molecule has 210 valence electrons. The maximum atomic E-state index is 10.3. The number of benzene rings is 2. The van der Waals surface area contributed by atoms with Gasteiger partial charge < -0.3 is 19.1 Å². The molecule has 1 atom stereocenters. The van der Waals surface area contributed by atoms with Gasteiger partial charge in [-0.25, -0.2) is 0 Å². The van der Waals surface area contributed by atoms with E-state index in [4.69, 9.17) is 19.4 Å². The molecule has 0 aliphatic carbocycles. The molecule has 0 saturated heterocycles. The van der Waals surface area contributed by atoms with Gasteiger partial charge in [0.2, 0.25) is 0 Å². The number of hydrogen-bond donors (Lipinski definition) is 1. The van der Waals surface area contributed by atoms with Crippen molar-refractivity contribution in [3.63, 3.8) is 0 Å². The Morgan fingerprint density at radius 2 is 1.65 bits per heavy atom. The molecule has 40 heavy (non-hydrogen) atoms. The Morgan fingerprint density at radius 1 is 0.925 bits per heavy atom. The van der Waals surface area contributed by atoms with Gasteiger partial charge in [0.15, 0.2) is 0 Å². The molecule has 0 spiro atoms. The monoisotopic (exact) mass is 545 g/mol. The zero-order valence-electron chi connectivity index (χ0n) is 23.8. The van der Waals surface area contributed by atoms with Gasteiger partial charge in [-0.1, -0.05) is 45.4 Å². The minimum atomic E-state index is -0.385. The SMILES string of the molecule is CC[C@@H](CO)C(C)(C)c1cc(-n2c3ccccc3c3ncccc32)cc(OC)c1-c1cc(OC)ccn1.COF. The van der Waals surface area contributed by atoms with Crippen molar-refractivity contribution in [2.24, 2.45) is 5.92 Å². The fourth-order valence-corrected chi connectivity index (χ4v) is 5.49. The molecule has 0 unspecified atom stereocenters. The van der Waals surface area contributed by atoms with Gasteiger partial charge in [0.05, 0.1) is 49.3 Å². The van der Waals surface area contributed by atoms with E-state index in [9.17, 15) is 9.63 Å². The lowest BCUT2D eigenvalue weighted by Gasteiger charge is -2.36. The fourth-order valence-electron chi connectivity index (χ4n) is 5.49. The van der Waals surface area contributed by atoms with E-state index in [0.29, 0.717) is 5.75 Å². The summed E-state index contributed by atoms with van der Waals surface area (Å²) >= 11 is 0. The van der Waals surface area contributed by atoms with Crippen molar-refractivity contribution in [2.45, 2.75) is 32.6 Å². The van der Waals surface area contributed by atoms with Crippen molar-refractivity contribution in [1.82, 2.24) is 14.5 Å². The van der Waals surface area contributed by atoms with Crippen LogP contribution in [0.5, 0.6) is 11.5 Å². The second-order valence-corrected chi connectivity index (χ2v) is 10.0. The number of rotatable bonds is 8. The Kier molecular flexibility index (Phi) is 9.02. The number of fused-ring (bicyclic) bond motifs is 3. The van der Waals surface area contributed by atoms with E-state index in [2.05, 4.69) is 60.6 Å². The molecule has 8 heteroatoms. The highest BCUT2D eigenvalue weighted by Gasteiger charge is 2.34. The first-order valence-electron chi connectivity index (χ1n) is 13.2. The molecule has 0 saturated carbocycles. The van der Waals surface area contributed by atoms with Crippen LogP contribution >= 0.6 is 0 Å². The molecular formula is C32H36FN3O4. The number of para-hydroxylation sites is 1. The van der Waals surface area contributed by atoms with Crippen LogP contribution in [0.2, 0.25) is 0 Å². The molecule has 3 heterocycles. The lowest BCUT2D eigenvalue weighted by Crippen LogP contribution is -2.32. The van der Waals surface area contributed by atoms with Gasteiger partial charge >= 0.3 is 0 Å². The summed E-state index contributed by atoms with van der Waals surface area (Å²) in [7, 11) is 4.30. The van der Waals surface area contributed by atoms with Gasteiger partial charge in [-0.2, -0.15) is 4.94 Å². The summed E-state index contributed by atoms with van der Waals surface area (Å²) < 4.78 is 23.6. The number of nitrogens with zero attached hydrogens (tertiary/aromatic N) is 3. The average Bonchev–Trinajstić information content (AvgIpc) is 3.32. The van der Waals surface area contributed by atoms with Crippen LogP contribution in [0, 0.1) is 5.92 Å². The number of aliphatic hydroxyl groups excluding tert-OH is 1. The number of aromatic nitrogens is 3. The molecule has 3 aromatic heterocycles. The summed E-state index contributed by atoms with van der Waals surface area (Å²) in [4.78, 5) is 12.2. The van der Waals surface area contributed by atoms with E-state index in [-0.39, 0.29) is 17.9 Å². The number of ether oxygens (including phenoxy) is 2. The first-order valence-corrected chi connectivity index (χ1v) is 13.2. The minimum absolute atomic E-state index is 0.0385. The number of pyridine rings is 2. The highest BCUT2D eigenvalue weighted by atomic mass is 19.3. The highest BCUT2D eigenvalue weighted by Crippen LogP contribution is 2.46. The molecule has 5 rings (SSSR count). The van der Waals surface area contributed by atoms with Crippen molar-refractivity contribution < 1.29 is 24.0 Å². The van der Waals surface area contributed by atoms with Gasteiger partial charge in [0, 0.05) is 42.1 Å². The third-order valence-electron chi connectivity index (χ3n) is 7.64. The fraction of sp³-hybridized carbons (Fsp3) is 0.312. The molecule has 0 aliphatic rings. The molecule has 0 amide bonds. The van der Waals surface area contributed by atoms with Crippen LogP contribution in [0.15, 0.2) is 73.1 Å². The van der Waals surface area contributed by atoms with Crippen LogP contribution in [0.1, 0.15) is 32.8 Å². The lowest BCUT2D eigenvalue weighted by atomic mass is 9.70. The Labute approximate surface area is 234 Å². The summed E-state index contributed by atoms with van der Waals surface area (Å²) in [6.07, 6.45) is 4.42. The quantitative estimate of drug-likeness (QED) is 0.225. The Morgan fingerprint density at radius 3 is 2.33 bits per heavy atom. The first-order chi connectivity index (χ1) is 19.4. The summed E-state index contributed by atoms with van der Waals surface area (Å²) in [6.45, 7) is 6.58. The summed E-state index contributed by atoms with van der Waals surface area (Å²) in [6, 6.07) is 20.4. The number of aliphatic hydroxyl groups is 1. The Balaban J connectivity index is 0.00000118. The van der Waals surface area contributed by atoms with Crippen LogP contribution in [0.4, 0.5) is 4.53 Å². The highest BCUT2D eigenvalue weighted by molar-refractivity contribution is 6.07. The molecule has 0 aliphatic heterocycles. The van der Waals surface area contributed by atoms with E-state index in [1.165, 1.54) is 0 Å². The van der Waals surface area contributed by atoms with E-state index in [1.54, 1.807) is 20.4 Å². The van der Waals surface area contributed by atoms with Crippen LogP contribution in [-0.4, -0.2) is 47.6 Å². The number of halogens is 1. The van der Waals surface area contributed by atoms with Gasteiger partial charge in [0.1, 0.15) is 11.5 Å². The van der Waals surface area contributed by atoms with E-state index in [1.807, 2.05) is 36.5 Å². The number of hydrogen-bond acceptors (Lipinski definition) is 6. The van der Waals surface area contributed by atoms with Gasteiger partial charge in [-0.05, 0) is 51.8 Å². The standard InChI is InChI=1S/C31H33N3O3.CH3FO/c1-6-20(19-35)31(2,3)24-16-21(17-28(37-5)29(24)25-18-22(36-4)13-15-32-25)34-26-11-8-7-10-23(26)30-27(34)12-9-14-33-30;1-3-2/h7-18,20,35H,6,19H2,1-5H3;1H3/t20-;/m0./s1. The maximum absolute atomic E-state index is 10.3. The molecule has 0 fully saturated rings. The third kappa shape index (κ3) is 5.24. The number of methoxy groups -OCH3 is 2. The largest absolute Gasteiger partial charge is 0.497 e. The zero-order chi connectivity index (χ0) is 28.9. The molecule has 0 radical (unpaired) electrons. The molecule has 0 bridgehead atoms. The van der Waals surface area contributed by atoms with Crippen LogP contribution in [0.25, 0.3) is 38.9 Å². The van der Waals surface area contributed by atoms with Gasteiger partial charge in [-0.15, -0.1) is 0 Å². The first kappa shape index (κ1) is 29.0. The minimum Gasteiger partial charge on any atom is -0.497 e. The van der Waals surface area contributed by atoms with Gasteiger partial charge in [-0.3, -0.25) is 9.97 Å². The third-order valence-corrected chi connectivity index (χ3v) is 7.64. The summed E-state index contributed by atoms with van der Waals surface area (Å²) in [5.41, 5.74) is 6.36. The predicted molar refractivity (Wildman–Crippen MR) is 157 cm³/mol. The second kappa shape index (κ2) is 12.4. The average molecular weight is 546 g/mol. The molecule has 2 aromatic carbocycles. The molecule has 1 N–H and O–H groups in total. The zero-order valence-corrected chi connectivity index (χ0v) is 23.8. The second-order valence-electron chi connectivity index (χ2n) is 10.0. The molecule has 5 aromatic rings. The predicted octanol–water partition coefficient (Wildman–Crippen LogP) is 7.07. The van der Waals surface area contributed by atoms with Gasteiger partial charge in [0.25, 0.3) is 0 Å². The topological polar surface area (TPSA) is 78.6 Å². The van der Waals surface area contributed by atoms with Crippen molar-refractivity contribution in [3.8, 4) is 28.4 Å². The van der Waals surface area contributed by atoms with E-state index >= 15 is 0 Å². The van der Waals surface area contributed by atoms with Crippen molar-refractivity contribution in [1.29, 1.82) is 0 Å². The van der Waals surface area contributed by atoms with E-state index in [0.717, 1.165) is 63.7 Å². The smallest absolute Gasteiger partial charge is 0.130 e. The Hall–Kier alpha value is -4.01. The van der Waals surface area contributed by atoms with Crippen LogP contribution < -0.4 is 9.47 Å². The van der Waals surface area contributed by atoms with Crippen molar-refractivity contribution >= 4 is 21.9 Å².